The van der Waals surface area contributed by atoms with E-state index >= 15 is 0 Å². The van der Waals surface area contributed by atoms with Gasteiger partial charge in [-0.05, 0) is 68.6 Å². The fourth-order valence-corrected chi connectivity index (χ4v) is 6.14. The van der Waals surface area contributed by atoms with Gasteiger partial charge in [-0.1, -0.05) is 23.2 Å². The Labute approximate surface area is 254 Å². The maximum absolute atomic E-state index is 14.1. The van der Waals surface area contributed by atoms with Gasteiger partial charge in [0, 0.05) is 47.2 Å². The predicted octanol–water partition coefficient (Wildman–Crippen LogP) is 8.19. The van der Waals surface area contributed by atoms with Crippen LogP contribution in [0.15, 0.2) is 39.8 Å². The minimum atomic E-state index is -0.762. The summed E-state index contributed by atoms with van der Waals surface area (Å²) in [5, 5.41) is 5.38. The van der Waals surface area contributed by atoms with Crippen LogP contribution in [0.1, 0.15) is 58.2 Å². The van der Waals surface area contributed by atoms with Crippen molar-refractivity contribution in [1.29, 1.82) is 0 Å². The highest BCUT2D eigenvalue weighted by Gasteiger charge is 2.29. The van der Waals surface area contributed by atoms with Gasteiger partial charge in [0.1, 0.15) is 17.5 Å². The number of hydrogen-bond donors (Lipinski definition) is 1. The molecule has 0 unspecified atom stereocenters. The number of nitrogen functional groups attached to an aromatic ring is 1. The molecule has 2 N–H and O–H groups in total. The molecule has 0 spiro atoms. The first-order valence-corrected chi connectivity index (χ1v) is 14.6. The van der Waals surface area contributed by atoms with Gasteiger partial charge in [-0.2, -0.15) is 5.10 Å². The van der Waals surface area contributed by atoms with Gasteiger partial charge in [-0.15, -0.1) is 0 Å². The van der Waals surface area contributed by atoms with E-state index in [4.69, 9.17) is 42.8 Å². The monoisotopic (exact) mass is 667 g/mol. The van der Waals surface area contributed by atoms with Crippen molar-refractivity contribution >= 4 is 62.0 Å². The lowest BCUT2D eigenvalue weighted by molar-refractivity contribution is 0.0185. The molecule has 41 heavy (non-hydrogen) atoms. The third-order valence-corrected chi connectivity index (χ3v) is 8.11. The molecule has 0 bridgehead atoms. The molecule has 4 aromatic rings. The fraction of sp³-hybridized carbons (Fsp3) is 0.393. The Balaban J connectivity index is 1.39. The number of amides is 1. The number of likely N-dealkylation sites (tertiary alicyclic amines) is 1. The normalized spacial score (nSPS) is 15.4. The number of pyridine rings is 1. The Morgan fingerprint density at radius 2 is 1.95 bits per heavy atom. The van der Waals surface area contributed by atoms with Crippen LogP contribution in [0.3, 0.4) is 0 Å². The summed E-state index contributed by atoms with van der Waals surface area (Å²) in [6.07, 6.45) is 5.72. The average Bonchev–Trinajstić information content (AvgIpc) is 3.51. The summed E-state index contributed by atoms with van der Waals surface area (Å²) in [5.74, 6) is -0.338. The Kier molecular flexibility index (Phi) is 8.15. The Hall–Kier alpha value is -3.02. The largest absolute Gasteiger partial charge is 0.478 e. The number of carbonyl (C=O) groups excluding carboxylic acids is 1. The third-order valence-electron chi connectivity index (χ3n) is 6.83. The topological polar surface area (TPSA) is 109 Å². The number of furan rings is 1. The van der Waals surface area contributed by atoms with E-state index in [-0.39, 0.29) is 39.3 Å². The van der Waals surface area contributed by atoms with Crippen molar-refractivity contribution in [1.82, 2.24) is 19.7 Å². The molecule has 9 nitrogen and oxygen atoms in total. The van der Waals surface area contributed by atoms with Gasteiger partial charge in [-0.3, -0.25) is 4.68 Å². The van der Waals surface area contributed by atoms with Crippen LogP contribution >= 0.6 is 39.1 Å². The highest BCUT2D eigenvalue weighted by atomic mass is 79.9. The van der Waals surface area contributed by atoms with Gasteiger partial charge in [0.15, 0.2) is 16.1 Å². The molecule has 0 aliphatic carbocycles. The molecular formula is C28H29BrCl2FN5O4. The molecule has 3 aromatic heterocycles. The van der Waals surface area contributed by atoms with Crippen LogP contribution in [0.2, 0.25) is 10.0 Å². The van der Waals surface area contributed by atoms with E-state index in [1.807, 2.05) is 31.6 Å². The molecule has 0 radical (unpaired) electrons. The number of hydrogen-bond acceptors (Lipinski definition) is 7. The summed E-state index contributed by atoms with van der Waals surface area (Å²) < 4.78 is 34.2. The number of carbonyl (C=O) groups is 1. The molecule has 1 fully saturated rings. The third kappa shape index (κ3) is 5.98. The Morgan fingerprint density at radius 3 is 2.63 bits per heavy atom. The molecule has 4 heterocycles. The van der Waals surface area contributed by atoms with E-state index < -0.39 is 17.5 Å². The quantitative estimate of drug-likeness (QED) is 0.214. The smallest absolute Gasteiger partial charge is 0.410 e. The van der Waals surface area contributed by atoms with E-state index in [1.54, 1.807) is 24.2 Å². The molecule has 5 rings (SSSR count). The van der Waals surface area contributed by atoms with Crippen molar-refractivity contribution in [3.63, 3.8) is 0 Å². The standard InChI is InChI=1S/C28H29BrCl2FN5O4/c1-14(20-18(30)5-6-19(32)22(20)31)39-24-23-17(12-34-26(24)33)21(25(29)40-23)15-11-35-37(13-15)16-7-9-36(10-8-16)27(38)41-28(2,3)4/h5-6,11-14,16H,7-10H2,1-4H3,(H2,33,34)/t14-/m1/s1. The summed E-state index contributed by atoms with van der Waals surface area (Å²) >= 11 is 16.0. The number of piperidine rings is 1. The number of ether oxygens (including phenoxy) is 2. The van der Waals surface area contributed by atoms with E-state index in [9.17, 15) is 9.18 Å². The van der Waals surface area contributed by atoms with Crippen molar-refractivity contribution < 1.29 is 23.1 Å². The molecule has 1 aliphatic heterocycles. The van der Waals surface area contributed by atoms with Gasteiger partial charge in [0.05, 0.1) is 22.6 Å². The summed E-state index contributed by atoms with van der Waals surface area (Å²) in [6.45, 7) is 8.41. The van der Waals surface area contributed by atoms with Crippen LogP contribution in [-0.2, 0) is 4.74 Å². The van der Waals surface area contributed by atoms with Crippen LogP contribution in [0.25, 0.3) is 22.1 Å². The Morgan fingerprint density at radius 1 is 1.24 bits per heavy atom. The fourth-order valence-electron chi connectivity index (χ4n) is 4.86. The molecular weight excluding hydrogens is 640 g/mol. The van der Waals surface area contributed by atoms with Gasteiger partial charge >= 0.3 is 6.09 Å². The van der Waals surface area contributed by atoms with Crippen molar-refractivity contribution in [3.8, 4) is 16.9 Å². The van der Waals surface area contributed by atoms with E-state index in [2.05, 4.69) is 26.0 Å². The predicted molar refractivity (Wildman–Crippen MR) is 159 cm³/mol. The van der Waals surface area contributed by atoms with Crippen molar-refractivity contribution in [2.45, 2.75) is 58.3 Å². The zero-order valence-electron chi connectivity index (χ0n) is 22.9. The molecule has 1 aromatic carbocycles. The van der Waals surface area contributed by atoms with Crippen LogP contribution in [-0.4, -0.2) is 44.4 Å². The number of aromatic nitrogens is 3. The summed E-state index contributed by atoms with van der Waals surface area (Å²) in [4.78, 5) is 18.5. The maximum atomic E-state index is 14.1. The Bertz CT molecular complexity index is 1610. The average molecular weight is 669 g/mol. The first-order valence-electron chi connectivity index (χ1n) is 13.0. The van der Waals surface area contributed by atoms with Crippen LogP contribution in [0.4, 0.5) is 15.0 Å². The second-order valence-corrected chi connectivity index (χ2v) is 12.4. The number of fused-ring (bicyclic) bond motifs is 1. The first-order chi connectivity index (χ1) is 19.3. The summed E-state index contributed by atoms with van der Waals surface area (Å²) in [5.41, 5.74) is 7.81. The molecule has 0 saturated carbocycles. The molecule has 1 atom stereocenters. The zero-order valence-corrected chi connectivity index (χ0v) is 26.0. The molecule has 1 aliphatic rings. The van der Waals surface area contributed by atoms with Crippen molar-refractivity contribution in [2.75, 3.05) is 18.8 Å². The lowest BCUT2D eigenvalue weighted by atomic mass is 10.1. The lowest BCUT2D eigenvalue weighted by Gasteiger charge is -2.33. The van der Waals surface area contributed by atoms with Crippen molar-refractivity contribution in [3.05, 3.63) is 56.8 Å². The number of nitrogens with two attached hydrogens (primary N) is 1. The SMILES string of the molecule is C[C@@H](Oc1c(N)ncc2c(-c3cnn(C4CCN(C(=O)OC(C)(C)C)CC4)c3)c(Br)oc12)c1c(Cl)ccc(F)c1Cl. The molecule has 13 heteroatoms. The summed E-state index contributed by atoms with van der Waals surface area (Å²) in [7, 11) is 0. The minimum Gasteiger partial charge on any atom is -0.478 e. The number of nitrogens with zero attached hydrogens (tertiary/aromatic N) is 4. The molecule has 218 valence electrons. The number of anilines is 1. The zero-order chi connectivity index (χ0) is 29.6. The van der Waals surface area contributed by atoms with Gasteiger partial charge in [-0.25, -0.2) is 14.2 Å². The van der Waals surface area contributed by atoms with Crippen LogP contribution in [0.5, 0.6) is 5.75 Å². The summed E-state index contributed by atoms with van der Waals surface area (Å²) in [6, 6.07) is 2.73. The number of halogens is 4. The van der Waals surface area contributed by atoms with Crippen LogP contribution in [0, 0.1) is 5.82 Å². The highest BCUT2D eigenvalue weighted by molar-refractivity contribution is 9.10. The maximum Gasteiger partial charge on any atom is 0.410 e. The van der Waals surface area contributed by atoms with Gasteiger partial charge in [0.25, 0.3) is 0 Å². The van der Waals surface area contributed by atoms with Crippen molar-refractivity contribution in [2.24, 2.45) is 0 Å². The van der Waals surface area contributed by atoms with E-state index in [0.29, 0.717) is 28.7 Å². The van der Waals surface area contributed by atoms with Crippen LogP contribution < -0.4 is 10.5 Å². The lowest BCUT2D eigenvalue weighted by Crippen LogP contribution is -2.42. The second kappa shape index (κ2) is 11.3. The number of benzene rings is 1. The van der Waals surface area contributed by atoms with Gasteiger partial charge < -0.3 is 24.5 Å². The number of rotatable bonds is 5. The second-order valence-electron chi connectivity index (χ2n) is 10.9. The molecule has 1 saturated heterocycles. The highest BCUT2D eigenvalue weighted by Crippen LogP contribution is 2.45. The molecule has 1 amide bonds. The minimum absolute atomic E-state index is 0.0910. The first kappa shape index (κ1) is 29.5. The van der Waals surface area contributed by atoms with E-state index in [1.165, 1.54) is 12.1 Å². The van der Waals surface area contributed by atoms with E-state index in [0.717, 1.165) is 24.0 Å². The van der Waals surface area contributed by atoms with Gasteiger partial charge in [0.2, 0.25) is 5.75 Å².